The molecule has 0 radical (unpaired) electrons. The van der Waals surface area contributed by atoms with Crippen molar-refractivity contribution in [2.45, 2.75) is 32.1 Å². The standard InChI is InChI=1S/C23H26N4O4S2/c1-4-26(5-2)33(30,31)19-9-6-17(7-10-19)25-23(29)16-12-22(28)27(14-16)18-8-11-21-20(13-18)24-15(3)32-21/h6-11,13,16H,4-5,12,14H2,1-3H3,(H,25,29). The maximum atomic E-state index is 12.8. The highest BCUT2D eigenvalue weighted by atomic mass is 32.2. The number of fused-ring (bicyclic) bond motifs is 1. The average Bonchev–Trinajstić information content (AvgIpc) is 3.35. The highest BCUT2D eigenvalue weighted by molar-refractivity contribution is 7.89. The molecule has 10 heteroatoms. The molecule has 1 aliphatic rings. The highest BCUT2D eigenvalue weighted by Crippen LogP contribution is 2.30. The van der Waals surface area contributed by atoms with Gasteiger partial charge >= 0.3 is 0 Å². The van der Waals surface area contributed by atoms with Crippen LogP contribution in [0.5, 0.6) is 0 Å². The van der Waals surface area contributed by atoms with Crippen LogP contribution in [0, 0.1) is 12.8 Å². The van der Waals surface area contributed by atoms with E-state index in [9.17, 15) is 18.0 Å². The Morgan fingerprint density at radius 1 is 1.18 bits per heavy atom. The van der Waals surface area contributed by atoms with Crippen molar-refractivity contribution in [2.24, 2.45) is 5.92 Å². The molecule has 0 saturated carbocycles. The number of amides is 2. The van der Waals surface area contributed by atoms with Gasteiger partial charge in [-0.3, -0.25) is 9.59 Å². The minimum absolute atomic E-state index is 0.109. The number of aryl methyl sites for hydroxylation is 1. The van der Waals surface area contributed by atoms with E-state index in [1.165, 1.54) is 16.4 Å². The molecule has 2 amide bonds. The van der Waals surface area contributed by atoms with Crippen LogP contribution in [0.2, 0.25) is 0 Å². The monoisotopic (exact) mass is 486 g/mol. The highest BCUT2D eigenvalue weighted by Gasteiger charge is 2.35. The lowest BCUT2D eigenvalue weighted by molar-refractivity contribution is -0.122. The van der Waals surface area contributed by atoms with E-state index < -0.39 is 15.9 Å². The lowest BCUT2D eigenvalue weighted by Gasteiger charge is -2.19. The molecule has 174 valence electrons. The van der Waals surface area contributed by atoms with Gasteiger partial charge in [-0.25, -0.2) is 13.4 Å². The smallest absolute Gasteiger partial charge is 0.243 e. The zero-order valence-electron chi connectivity index (χ0n) is 18.7. The fraction of sp³-hybridized carbons (Fsp3) is 0.348. The Bertz CT molecular complexity index is 1300. The van der Waals surface area contributed by atoms with Crippen molar-refractivity contribution in [1.29, 1.82) is 0 Å². The maximum Gasteiger partial charge on any atom is 0.243 e. The summed E-state index contributed by atoms with van der Waals surface area (Å²) < 4.78 is 27.7. The summed E-state index contributed by atoms with van der Waals surface area (Å²) in [5.74, 6) is -0.873. The minimum atomic E-state index is -3.56. The van der Waals surface area contributed by atoms with Gasteiger partial charge in [0.2, 0.25) is 21.8 Å². The summed E-state index contributed by atoms with van der Waals surface area (Å²) in [6.07, 6.45) is 0.119. The number of rotatable bonds is 7. The first kappa shape index (κ1) is 23.3. The van der Waals surface area contributed by atoms with Crippen LogP contribution in [0.1, 0.15) is 25.3 Å². The number of hydrogen-bond donors (Lipinski definition) is 1. The Balaban J connectivity index is 1.44. The molecule has 1 fully saturated rings. The number of sulfonamides is 1. The van der Waals surface area contributed by atoms with E-state index in [2.05, 4.69) is 10.3 Å². The third-order valence-electron chi connectivity index (χ3n) is 5.75. The number of nitrogens with zero attached hydrogens (tertiary/aromatic N) is 3. The number of anilines is 2. The van der Waals surface area contributed by atoms with Gasteiger partial charge < -0.3 is 10.2 Å². The number of carbonyl (C=O) groups is 2. The molecular formula is C23H26N4O4S2. The van der Waals surface area contributed by atoms with Crippen LogP contribution in [-0.4, -0.2) is 49.2 Å². The predicted molar refractivity (Wildman–Crippen MR) is 130 cm³/mol. The Kier molecular flexibility index (Phi) is 6.51. The molecule has 33 heavy (non-hydrogen) atoms. The molecule has 4 rings (SSSR count). The van der Waals surface area contributed by atoms with Crippen LogP contribution in [0.3, 0.4) is 0 Å². The largest absolute Gasteiger partial charge is 0.326 e. The lowest BCUT2D eigenvalue weighted by atomic mass is 10.1. The molecule has 1 atom stereocenters. The molecule has 1 aliphatic heterocycles. The molecule has 1 saturated heterocycles. The molecule has 0 bridgehead atoms. The molecule has 1 N–H and O–H groups in total. The van der Waals surface area contributed by atoms with E-state index in [4.69, 9.17) is 0 Å². The van der Waals surface area contributed by atoms with Crippen LogP contribution in [0.25, 0.3) is 10.2 Å². The van der Waals surface area contributed by atoms with Crippen LogP contribution in [0.15, 0.2) is 47.4 Å². The van der Waals surface area contributed by atoms with Gasteiger partial charge in [-0.05, 0) is 49.4 Å². The van der Waals surface area contributed by atoms with Gasteiger partial charge in [-0.2, -0.15) is 4.31 Å². The molecule has 0 spiro atoms. The first-order valence-electron chi connectivity index (χ1n) is 10.8. The van der Waals surface area contributed by atoms with Crippen molar-refractivity contribution in [3.05, 3.63) is 47.5 Å². The lowest BCUT2D eigenvalue weighted by Crippen LogP contribution is -2.30. The van der Waals surface area contributed by atoms with Gasteiger partial charge in [-0.15, -0.1) is 11.3 Å². The number of hydrogen-bond acceptors (Lipinski definition) is 6. The van der Waals surface area contributed by atoms with Crippen molar-refractivity contribution in [3.8, 4) is 0 Å². The molecule has 0 aliphatic carbocycles. The number of carbonyl (C=O) groups excluding carboxylic acids is 2. The number of nitrogens with one attached hydrogen (secondary N) is 1. The van der Waals surface area contributed by atoms with E-state index >= 15 is 0 Å². The molecule has 1 aromatic heterocycles. The van der Waals surface area contributed by atoms with Crippen molar-refractivity contribution >= 4 is 54.8 Å². The zero-order valence-corrected chi connectivity index (χ0v) is 20.4. The second-order valence-corrected chi connectivity index (χ2v) is 11.1. The van der Waals surface area contributed by atoms with E-state index in [1.54, 1.807) is 42.2 Å². The fourth-order valence-corrected chi connectivity index (χ4v) is 6.26. The molecule has 2 aromatic carbocycles. The van der Waals surface area contributed by atoms with E-state index in [-0.39, 0.29) is 29.7 Å². The third-order valence-corrected chi connectivity index (χ3v) is 8.77. The summed E-state index contributed by atoms with van der Waals surface area (Å²) >= 11 is 1.60. The summed E-state index contributed by atoms with van der Waals surface area (Å²) in [6, 6.07) is 11.8. The van der Waals surface area contributed by atoms with Gasteiger partial charge in [0, 0.05) is 37.4 Å². The second kappa shape index (κ2) is 9.20. The molecule has 8 nitrogen and oxygen atoms in total. The average molecular weight is 487 g/mol. The molecule has 3 aromatic rings. The fourth-order valence-electron chi connectivity index (χ4n) is 4.00. The van der Waals surface area contributed by atoms with Crippen molar-refractivity contribution in [2.75, 3.05) is 29.9 Å². The van der Waals surface area contributed by atoms with Crippen molar-refractivity contribution in [1.82, 2.24) is 9.29 Å². The summed E-state index contributed by atoms with van der Waals surface area (Å²) in [4.78, 5) is 31.7. The van der Waals surface area contributed by atoms with Gasteiger partial charge in [0.05, 0.1) is 26.0 Å². The van der Waals surface area contributed by atoms with E-state index in [0.29, 0.717) is 18.8 Å². The Morgan fingerprint density at radius 2 is 1.88 bits per heavy atom. The van der Waals surface area contributed by atoms with Gasteiger partial charge in [0.15, 0.2) is 0 Å². The minimum Gasteiger partial charge on any atom is -0.326 e. The summed E-state index contributed by atoms with van der Waals surface area (Å²) in [6.45, 7) is 6.58. The van der Waals surface area contributed by atoms with Gasteiger partial charge in [-0.1, -0.05) is 13.8 Å². The van der Waals surface area contributed by atoms with Crippen molar-refractivity contribution in [3.63, 3.8) is 0 Å². The maximum absolute atomic E-state index is 12.8. The Labute approximate surface area is 197 Å². The Morgan fingerprint density at radius 3 is 2.55 bits per heavy atom. The van der Waals surface area contributed by atoms with Crippen LogP contribution in [-0.2, 0) is 19.6 Å². The first-order valence-corrected chi connectivity index (χ1v) is 13.1. The Hall–Kier alpha value is -2.82. The summed E-state index contributed by atoms with van der Waals surface area (Å²) in [7, 11) is -3.56. The van der Waals surface area contributed by atoms with Gasteiger partial charge in [0.25, 0.3) is 0 Å². The van der Waals surface area contributed by atoms with E-state index in [0.717, 1.165) is 20.9 Å². The second-order valence-electron chi connectivity index (χ2n) is 7.89. The topological polar surface area (TPSA) is 99.7 Å². The van der Waals surface area contributed by atoms with Gasteiger partial charge in [0.1, 0.15) is 0 Å². The number of thiazole rings is 1. The van der Waals surface area contributed by atoms with Crippen LogP contribution >= 0.6 is 11.3 Å². The van der Waals surface area contributed by atoms with E-state index in [1.807, 2.05) is 25.1 Å². The molecular weight excluding hydrogens is 460 g/mol. The quantitative estimate of drug-likeness (QED) is 0.550. The zero-order chi connectivity index (χ0) is 23.8. The SMILES string of the molecule is CCN(CC)S(=O)(=O)c1ccc(NC(=O)C2CC(=O)N(c3ccc4sc(C)nc4c3)C2)cc1. The van der Waals surface area contributed by atoms with Crippen molar-refractivity contribution < 1.29 is 18.0 Å². The third kappa shape index (κ3) is 4.64. The summed E-state index contributed by atoms with van der Waals surface area (Å²) in [5.41, 5.74) is 2.07. The molecule has 2 heterocycles. The first-order chi connectivity index (χ1) is 15.7. The van der Waals surface area contributed by atoms with Crippen LogP contribution in [0.4, 0.5) is 11.4 Å². The number of benzene rings is 2. The predicted octanol–water partition coefficient (Wildman–Crippen LogP) is 3.63. The number of aromatic nitrogens is 1. The summed E-state index contributed by atoms with van der Waals surface area (Å²) in [5, 5.41) is 3.77. The molecule has 1 unspecified atom stereocenters. The van der Waals surface area contributed by atoms with Crippen LogP contribution < -0.4 is 10.2 Å². The normalized spacial score (nSPS) is 16.7.